The van der Waals surface area contributed by atoms with Crippen LogP contribution in [0.1, 0.15) is 30.4 Å². The Morgan fingerprint density at radius 3 is 2.15 bits per heavy atom. The van der Waals surface area contributed by atoms with Gasteiger partial charge in [-0.05, 0) is 47.6 Å². The largest absolute Gasteiger partial charge is 0.480 e. The first-order chi connectivity index (χ1) is 16.4. The Bertz CT molecular complexity index is 984. The van der Waals surface area contributed by atoms with Crippen LogP contribution >= 0.6 is 11.8 Å². The van der Waals surface area contributed by atoms with E-state index in [-0.39, 0.29) is 12.5 Å². The Morgan fingerprint density at radius 1 is 1.03 bits per heavy atom. The zero-order valence-electron chi connectivity index (χ0n) is 19.4. The maximum absolute atomic E-state index is 12.8. The summed E-state index contributed by atoms with van der Waals surface area (Å²) in [5, 5.41) is 14.5. The fourth-order valence-corrected chi connectivity index (χ4v) is 4.53. The van der Waals surface area contributed by atoms with Gasteiger partial charge in [0.25, 0.3) is 0 Å². The van der Waals surface area contributed by atoms with E-state index in [1.54, 1.807) is 6.92 Å². The highest BCUT2D eigenvalue weighted by Crippen LogP contribution is 2.44. The maximum Gasteiger partial charge on any atom is 0.407 e. The lowest BCUT2D eigenvalue weighted by atomic mass is 9.98. The van der Waals surface area contributed by atoms with Crippen molar-refractivity contribution in [2.45, 2.75) is 37.5 Å². The van der Waals surface area contributed by atoms with Crippen LogP contribution in [0.15, 0.2) is 48.5 Å². The second-order valence-electron chi connectivity index (χ2n) is 8.07. The average molecular weight is 487 g/mol. The summed E-state index contributed by atoms with van der Waals surface area (Å²) in [4.78, 5) is 37.0. The first-order valence-corrected chi connectivity index (χ1v) is 12.4. The van der Waals surface area contributed by atoms with Gasteiger partial charge in [0.1, 0.15) is 12.6 Å². The molecule has 1 aliphatic rings. The Labute approximate surface area is 203 Å². The van der Waals surface area contributed by atoms with E-state index < -0.39 is 36.2 Å². The van der Waals surface area contributed by atoms with Crippen LogP contribution in [0, 0.1) is 0 Å². The van der Waals surface area contributed by atoms with E-state index in [2.05, 4.69) is 22.8 Å². The van der Waals surface area contributed by atoms with Gasteiger partial charge in [-0.3, -0.25) is 4.79 Å². The number of fused-ring (bicyclic) bond motifs is 3. The molecule has 8 nitrogen and oxygen atoms in total. The van der Waals surface area contributed by atoms with Crippen molar-refractivity contribution < 1.29 is 29.0 Å². The van der Waals surface area contributed by atoms with Gasteiger partial charge in [0.05, 0.1) is 6.10 Å². The molecule has 1 aliphatic carbocycles. The van der Waals surface area contributed by atoms with Gasteiger partial charge in [0.2, 0.25) is 5.91 Å². The molecule has 3 N–H and O–H groups in total. The molecule has 0 saturated heterocycles. The third-order valence-electron chi connectivity index (χ3n) is 5.97. The molecule has 3 atom stereocenters. The van der Waals surface area contributed by atoms with Crippen LogP contribution in [0.25, 0.3) is 11.1 Å². The SMILES string of the molecule is CO[C@H](C)[C@H](NC(=O)[C@@H](CCSC)NC(=O)OCC1c2ccccc2-c2ccccc21)C(=O)O. The Balaban J connectivity index is 1.66. The minimum atomic E-state index is -1.24. The van der Waals surface area contributed by atoms with E-state index in [4.69, 9.17) is 9.47 Å². The highest BCUT2D eigenvalue weighted by molar-refractivity contribution is 7.98. The molecule has 2 aromatic carbocycles. The summed E-state index contributed by atoms with van der Waals surface area (Å²) in [5.74, 6) is -1.32. The highest BCUT2D eigenvalue weighted by Gasteiger charge is 2.32. The number of benzene rings is 2. The Hall–Kier alpha value is -3.04. The third kappa shape index (κ3) is 5.90. The standard InChI is InChI=1S/C25H30N2O6S/c1-15(32-2)22(24(29)30)27-23(28)21(12-13-34-3)26-25(31)33-14-20-18-10-6-4-8-16(18)17-9-5-7-11-19(17)20/h4-11,15,20-22H,12-14H2,1-3H3,(H,26,31)(H,27,28)(H,29,30)/t15-,21-,22+/m1/s1. The van der Waals surface area contributed by atoms with Gasteiger partial charge in [0, 0.05) is 13.0 Å². The lowest BCUT2D eigenvalue weighted by Gasteiger charge is -2.24. The molecule has 0 aromatic heterocycles. The molecule has 0 aliphatic heterocycles. The summed E-state index contributed by atoms with van der Waals surface area (Å²) in [7, 11) is 1.37. The molecule has 3 rings (SSSR count). The minimum absolute atomic E-state index is 0.101. The fraction of sp³-hybridized carbons (Fsp3) is 0.400. The number of ether oxygens (including phenoxy) is 2. The number of alkyl carbamates (subject to hydrolysis) is 1. The van der Waals surface area contributed by atoms with E-state index in [0.717, 1.165) is 22.3 Å². The molecule has 9 heteroatoms. The number of carbonyl (C=O) groups excluding carboxylic acids is 2. The quantitative estimate of drug-likeness (QED) is 0.447. The molecular weight excluding hydrogens is 456 g/mol. The predicted molar refractivity (Wildman–Crippen MR) is 131 cm³/mol. The number of carboxylic acids is 1. The van der Waals surface area contributed by atoms with Crippen molar-refractivity contribution in [2.24, 2.45) is 0 Å². The number of hydrogen-bond donors (Lipinski definition) is 3. The first kappa shape index (κ1) is 25.6. The van der Waals surface area contributed by atoms with Crippen molar-refractivity contribution in [3.05, 3.63) is 59.7 Å². The topological polar surface area (TPSA) is 114 Å². The van der Waals surface area contributed by atoms with Gasteiger partial charge < -0.3 is 25.2 Å². The van der Waals surface area contributed by atoms with Gasteiger partial charge in [0.15, 0.2) is 6.04 Å². The van der Waals surface area contributed by atoms with E-state index in [1.807, 2.05) is 42.7 Å². The lowest BCUT2D eigenvalue weighted by molar-refractivity contribution is -0.145. The van der Waals surface area contributed by atoms with Gasteiger partial charge in [-0.15, -0.1) is 0 Å². The van der Waals surface area contributed by atoms with Crippen molar-refractivity contribution in [1.82, 2.24) is 10.6 Å². The zero-order valence-corrected chi connectivity index (χ0v) is 20.3. The maximum atomic E-state index is 12.8. The number of nitrogens with one attached hydrogen (secondary N) is 2. The summed E-state index contributed by atoms with van der Waals surface area (Å²) in [6, 6.07) is 13.9. The van der Waals surface area contributed by atoms with E-state index in [9.17, 15) is 19.5 Å². The van der Waals surface area contributed by atoms with E-state index in [1.165, 1.54) is 18.9 Å². The van der Waals surface area contributed by atoms with Crippen molar-refractivity contribution in [3.63, 3.8) is 0 Å². The van der Waals surface area contributed by atoms with Gasteiger partial charge >= 0.3 is 12.1 Å². The number of hydrogen-bond acceptors (Lipinski definition) is 6. The van der Waals surface area contributed by atoms with Crippen molar-refractivity contribution in [3.8, 4) is 11.1 Å². The number of carbonyl (C=O) groups is 3. The summed E-state index contributed by atoms with van der Waals surface area (Å²) in [6.45, 7) is 1.67. The summed E-state index contributed by atoms with van der Waals surface area (Å²) < 4.78 is 10.6. The van der Waals surface area contributed by atoms with Crippen LogP contribution in [-0.4, -0.2) is 67.0 Å². The molecule has 0 saturated carbocycles. The number of carboxylic acid groups (broad SMARTS) is 1. The second-order valence-corrected chi connectivity index (χ2v) is 9.05. The van der Waals surface area contributed by atoms with Gasteiger partial charge in [-0.25, -0.2) is 9.59 Å². The monoisotopic (exact) mass is 486 g/mol. The molecule has 182 valence electrons. The normalized spacial score (nSPS) is 14.9. The van der Waals surface area contributed by atoms with Crippen LogP contribution in [0.2, 0.25) is 0 Å². The molecular formula is C25H30N2O6S. The Morgan fingerprint density at radius 2 is 1.62 bits per heavy atom. The number of aliphatic carboxylic acids is 1. The smallest absolute Gasteiger partial charge is 0.407 e. The number of thioether (sulfide) groups is 1. The molecule has 0 unspecified atom stereocenters. The van der Waals surface area contributed by atoms with Crippen LogP contribution in [-0.2, 0) is 19.1 Å². The van der Waals surface area contributed by atoms with Crippen molar-refractivity contribution >= 4 is 29.7 Å². The summed E-state index contributed by atoms with van der Waals surface area (Å²) >= 11 is 1.52. The van der Waals surface area contributed by atoms with Crippen LogP contribution in [0.5, 0.6) is 0 Å². The Kier molecular flexibility index (Phi) is 8.95. The number of amides is 2. The van der Waals surface area contributed by atoms with Crippen molar-refractivity contribution in [2.75, 3.05) is 25.7 Å². The molecule has 0 spiro atoms. The third-order valence-corrected chi connectivity index (χ3v) is 6.61. The molecule has 0 fully saturated rings. The lowest BCUT2D eigenvalue weighted by Crippen LogP contribution is -2.55. The second kappa shape index (κ2) is 11.9. The molecule has 0 bridgehead atoms. The molecule has 34 heavy (non-hydrogen) atoms. The minimum Gasteiger partial charge on any atom is -0.480 e. The predicted octanol–water partition coefficient (Wildman–Crippen LogP) is 3.25. The number of methoxy groups -OCH3 is 1. The molecule has 0 radical (unpaired) electrons. The van der Waals surface area contributed by atoms with Gasteiger partial charge in [-0.2, -0.15) is 11.8 Å². The summed E-state index contributed by atoms with van der Waals surface area (Å²) in [5.41, 5.74) is 4.42. The molecule has 2 aromatic rings. The van der Waals surface area contributed by atoms with Crippen molar-refractivity contribution in [1.29, 1.82) is 0 Å². The molecule has 2 amide bonds. The number of rotatable bonds is 11. The van der Waals surface area contributed by atoms with Crippen LogP contribution in [0.3, 0.4) is 0 Å². The molecule has 0 heterocycles. The summed E-state index contributed by atoms with van der Waals surface area (Å²) in [6.07, 6.45) is 0.743. The average Bonchev–Trinajstić information content (AvgIpc) is 3.16. The van der Waals surface area contributed by atoms with E-state index >= 15 is 0 Å². The first-order valence-electron chi connectivity index (χ1n) is 11.0. The fourth-order valence-electron chi connectivity index (χ4n) is 4.06. The van der Waals surface area contributed by atoms with Gasteiger partial charge in [-0.1, -0.05) is 48.5 Å². The zero-order chi connectivity index (χ0) is 24.7. The van der Waals surface area contributed by atoms with E-state index in [0.29, 0.717) is 12.2 Å². The van der Waals surface area contributed by atoms with Crippen LogP contribution in [0.4, 0.5) is 4.79 Å². The van der Waals surface area contributed by atoms with Crippen LogP contribution < -0.4 is 10.6 Å². The highest BCUT2D eigenvalue weighted by atomic mass is 32.2.